The summed E-state index contributed by atoms with van der Waals surface area (Å²) in [6, 6.07) is 10.6. The summed E-state index contributed by atoms with van der Waals surface area (Å²) < 4.78 is 16.5. The molecular formula is C18H18BrNO5. The lowest BCUT2D eigenvalue weighted by atomic mass is 10.2. The molecule has 6 nitrogen and oxygen atoms in total. The predicted octanol–water partition coefficient (Wildman–Crippen LogP) is 2.97. The van der Waals surface area contributed by atoms with Gasteiger partial charge in [0.2, 0.25) is 0 Å². The predicted molar refractivity (Wildman–Crippen MR) is 96.4 cm³/mol. The second-order valence-electron chi connectivity index (χ2n) is 5.02. The van der Waals surface area contributed by atoms with Gasteiger partial charge in [0.05, 0.1) is 14.2 Å². The van der Waals surface area contributed by atoms with Gasteiger partial charge in [-0.15, -0.1) is 0 Å². The van der Waals surface area contributed by atoms with Crippen LogP contribution in [0.5, 0.6) is 17.2 Å². The van der Waals surface area contributed by atoms with Crippen LogP contribution >= 0.6 is 15.9 Å². The Labute approximate surface area is 154 Å². The molecule has 0 saturated heterocycles. The Kier molecular flexibility index (Phi) is 6.82. The molecule has 0 atom stereocenters. The number of nitrogens with one attached hydrogen (secondary N) is 1. The monoisotopic (exact) mass is 407 g/mol. The van der Waals surface area contributed by atoms with Gasteiger partial charge in [-0.05, 0) is 34.1 Å². The van der Waals surface area contributed by atoms with Crippen LogP contribution in [0.15, 0.2) is 40.9 Å². The average Bonchev–Trinajstić information content (AvgIpc) is 2.65. The van der Waals surface area contributed by atoms with E-state index >= 15 is 0 Å². The topological polar surface area (TPSA) is 73.9 Å². The summed E-state index contributed by atoms with van der Waals surface area (Å²) in [5.74, 6) is 1.15. The van der Waals surface area contributed by atoms with E-state index in [0.717, 1.165) is 5.56 Å². The van der Waals surface area contributed by atoms with Crippen LogP contribution in [0.4, 0.5) is 0 Å². The molecule has 0 bridgehead atoms. The molecule has 7 heteroatoms. The maximum Gasteiger partial charge on any atom is 0.258 e. The lowest BCUT2D eigenvalue weighted by Gasteiger charge is -2.13. The molecule has 132 valence electrons. The van der Waals surface area contributed by atoms with Gasteiger partial charge >= 0.3 is 0 Å². The minimum absolute atomic E-state index is 0.203. The summed E-state index contributed by atoms with van der Waals surface area (Å²) in [4.78, 5) is 23.0. The van der Waals surface area contributed by atoms with E-state index in [2.05, 4.69) is 21.2 Å². The average molecular weight is 408 g/mol. The summed E-state index contributed by atoms with van der Waals surface area (Å²) in [6.45, 7) is 0.120. The van der Waals surface area contributed by atoms with Crippen molar-refractivity contribution < 1.29 is 23.8 Å². The molecule has 1 amide bonds. The van der Waals surface area contributed by atoms with Gasteiger partial charge in [-0.1, -0.05) is 18.2 Å². The standard InChI is InChI=1S/C18H18BrNO5/c1-23-15-6-4-3-5-12(15)9-20-18(22)11-25-17-7-13(10-21)14(19)8-16(17)24-2/h3-8,10H,9,11H2,1-2H3,(H,20,22). The smallest absolute Gasteiger partial charge is 0.258 e. The van der Waals surface area contributed by atoms with Crippen LogP contribution in [-0.4, -0.2) is 33.0 Å². The number of aldehydes is 1. The highest BCUT2D eigenvalue weighted by atomic mass is 79.9. The van der Waals surface area contributed by atoms with Crippen molar-refractivity contribution in [2.75, 3.05) is 20.8 Å². The van der Waals surface area contributed by atoms with Crippen molar-refractivity contribution in [1.29, 1.82) is 0 Å². The van der Waals surface area contributed by atoms with E-state index in [0.29, 0.717) is 40.1 Å². The first kappa shape index (κ1) is 18.8. The molecule has 0 aromatic heterocycles. The van der Waals surface area contributed by atoms with Gasteiger partial charge in [-0.25, -0.2) is 0 Å². The van der Waals surface area contributed by atoms with E-state index in [1.807, 2.05) is 24.3 Å². The van der Waals surface area contributed by atoms with Crippen LogP contribution in [-0.2, 0) is 11.3 Å². The van der Waals surface area contributed by atoms with Gasteiger partial charge in [0.15, 0.2) is 24.4 Å². The van der Waals surface area contributed by atoms with Crippen LogP contribution in [0, 0.1) is 0 Å². The molecule has 0 radical (unpaired) electrons. The Bertz CT molecular complexity index is 763. The van der Waals surface area contributed by atoms with Crippen LogP contribution in [0.25, 0.3) is 0 Å². The molecular weight excluding hydrogens is 390 g/mol. The highest BCUT2D eigenvalue weighted by Crippen LogP contribution is 2.32. The second-order valence-corrected chi connectivity index (χ2v) is 5.87. The van der Waals surface area contributed by atoms with Crippen molar-refractivity contribution in [3.63, 3.8) is 0 Å². The van der Waals surface area contributed by atoms with Gasteiger partial charge in [0.25, 0.3) is 5.91 Å². The first-order valence-electron chi connectivity index (χ1n) is 7.43. The van der Waals surface area contributed by atoms with Crippen molar-refractivity contribution in [2.45, 2.75) is 6.54 Å². The number of methoxy groups -OCH3 is 2. The molecule has 0 aliphatic carbocycles. The number of halogens is 1. The van der Waals surface area contributed by atoms with E-state index in [9.17, 15) is 9.59 Å². The van der Waals surface area contributed by atoms with E-state index in [1.165, 1.54) is 13.2 Å². The van der Waals surface area contributed by atoms with Crippen molar-refractivity contribution in [3.8, 4) is 17.2 Å². The highest BCUT2D eigenvalue weighted by Gasteiger charge is 2.12. The summed E-state index contributed by atoms with van der Waals surface area (Å²) >= 11 is 3.27. The molecule has 1 N–H and O–H groups in total. The molecule has 0 fully saturated rings. The molecule has 0 saturated carbocycles. The summed E-state index contributed by atoms with van der Waals surface area (Å²) in [5.41, 5.74) is 1.27. The van der Waals surface area contributed by atoms with Crippen LogP contribution in [0.1, 0.15) is 15.9 Å². The van der Waals surface area contributed by atoms with Gasteiger partial charge in [0, 0.05) is 22.1 Å². The zero-order chi connectivity index (χ0) is 18.2. The van der Waals surface area contributed by atoms with Crippen molar-refractivity contribution in [2.24, 2.45) is 0 Å². The van der Waals surface area contributed by atoms with Crippen LogP contribution in [0.3, 0.4) is 0 Å². The number of hydrogen-bond donors (Lipinski definition) is 1. The first-order valence-corrected chi connectivity index (χ1v) is 8.22. The van der Waals surface area contributed by atoms with Gasteiger partial charge in [-0.3, -0.25) is 9.59 Å². The Balaban J connectivity index is 1.97. The molecule has 0 unspecified atom stereocenters. The van der Waals surface area contributed by atoms with E-state index in [1.54, 1.807) is 13.2 Å². The maximum absolute atomic E-state index is 12.0. The third-order valence-electron chi connectivity index (χ3n) is 3.44. The fourth-order valence-corrected chi connectivity index (χ4v) is 2.57. The zero-order valence-corrected chi connectivity index (χ0v) is 15.5. The number of amides is 1. The zero-order valence-electron chi connectivity index (χ0n) is 13.9. The highest BCUT2D eigenvalue weighted by molar-refractivity contribution is 9.10. The maximum atomic E-state index is 12.0. The third kappa shape index (κ3) is 4.96. The Hall–Kier alpha value is -2.54. The third-order valence-corrected chi connectivity index (χ3v) is 4.12. The first-order chi connectivity index (χ1) is 12.1. The molecule has 0 aliphatic heterocycles. The molecule has 2 aromatic rings. The fourth-order valence-electron chi connectivity index (χ4n) is 2.15. The normalized spacial score (nSPS) is 10.0. The van der Waals surface area contributed by atoms with Crippen LogP contribution in [0.2, 0.25) is 0 Å². The van der Waals surface area contributed by atoms with Crippen LogP contribution < -0.4 is 19.5 Å². The summed E-state index contributed by atoms with van der Waals surface area (Å²) in [6.07, 6.45) is 0.693. The molecule has 2 rings (SSSR count). The Morgan fingerprint density at radius 2 is 1.84 bits per heavy atom. The lowest BCUT2D eigenvalue weighted by Crippen LogP contribution is -2.28. The Morgan fingerprint density at radius 3 is 2.52 bits per heavy atom. The van der Waals surface area contributed by atoms with Crippen molar-refractivity contribution in [3.05, 3.63) is 52.0 Å². The molecule has 0 aliphatic rings. The fraction of sp³-hybridized carbons (Fsp3) is 0.222. The summed E-state index contributed by atoms with van der Waals surface area (Å²) in [5, 5.41) is 2.76. The minimum Gasteiger partial charge on any atom is -0.496 e. The minimum atomic E-state index is -0.302. The van der Waals surface area contributed by atoms with Crippen molar-refractivity contribution >= 4 is 28.1 Å². The van der Waals surface area contributed by atoms with E-state index < -0.39 is 0 Å². The van der Waals surface area contributed by atoms with Gasteiger partial charge in [-0.2, -0.15) is 0 Å². The van der Waals surface area contributed by atoms with E-state index in [4.69, 9.17) is 14.2 Å². The largest absolute Gasteiger partial charge is 0.496 e. The lowest BCUT2D eigenvalue weighted by molar-refractivity contribution is -0.123. The van der Waals surface area contributed by atoms with Gasteiger partial charge in [0.1, 0.15) is 5.75 Å². The number of benzene rings is 2. The number of ether oxygens (including phenoxy) is 3. The Morgan fingerprint density at radius 1 is 1.12 bits per heavy atom. The quantitative estimate of drug-likeness (QED) is 0.680. The van der Waals surface area contributed by atoms with E-state index in [-0.39, 0.29) is 12.5 Å². The second kappa shape index (κ2) is 9.08. The van der Waals surface area contributed by atoms with Gasteiger partial charge < -0.3 is 19.5 Å². The number of carbonyl (C=O) groups is 2. The number of carbonyl (C=O) groups excluding carboxylic acids is 2. The SMILES string of the molecule is COc1ccccc1CNC(=O)COc1cc(C=O)c(Br)cc1OC. The number of hydrogen-bond acceptors (Lipinski definition) is 5. The van der Waals surface area contributed by atoms with Crippen molar-refractivity contribution in [1.82, 2.24) is 5.32 Å². The summed E-state index contributed by atoms with van der Waals surface area (Å²) in [7, 11) is 3.06. The molecule has 0 heterocycles. The number of rotatable bonds is 8. The number of para-hydroxylation sites is 1. The molecule has 25 heavy (non-hydrogen) atoms. The molecule has 2 aromatic carbocycles. The molecule has 0 spiro atoms.